The summed E-state index contributed by atoms with van der Waals surface area (Å²) >= 11 is 0. The molecule has 0 aromatic heterocycles. The summed E-state index contributed by atoms with van der Waals surface area (Å²) in [4.78, 5) is 0. The summed E-state index contributed by atoms with van der Waals surface area (Å²) in [6.45, 7) is 1.03. The Balaban J connectivity index is 2.16. The molecule has 0 radical (unpaired) electrons. The van der Waals surface area contributed by atoms with Crippen LogP contribution in [0.4, 0.5) is 0 Å². The molecule has 4 heteroatoms. The van der Waals surface area contributed by atoms with Gasteiger partial charge in [-0.15, -0.1) is 0 Å². The van der Waals surface area contributed by atoms with Gasteiger partial charge in [0, 0.05) is 12.7 Å². The van der Waals surface area contributed by atoms with Gasteiger partial charge in [-0.2, -0.15) is 0 Å². The minimum absolute atomic E-state index is 0.0550. The highest BCUT2D eigenvalue weighted by atomic mass is 16.7. The first-order valence-electron chi connectivity index (χ1n) is 4.76. The molecule has 0 aliphatic carbocycles. The van der Waals surface area contributed by atoms with Gasteiger partial charge in [0.15, 0.2) is 6.29 Å². The second-order valence-electron chi connectivity index (χ2n) is 2.95. The molecule has 1 rings (SSSR count). The molecule has 4 nitrogen and oxygen atoms in total. The summed E-state index contributed by atoms with van der Waals surface area (Å²) < 4.78 is 14.9. The average Bonchev–Trinajstić information content (AvgIpc) is 2.30. The van der Waals surface area contributed by atoms with Crippen LogP contribution in [0.3, 0.4) is 0 Å². The van der Waals surface area contributed by atoms with Gasteiger partial charge in [0.25, 0.3) is 0 Å². The second-order valence-corrected chi connectivity index (χ2v) is 2.95. The predicted octanol–water partition coefficient (Wildman–Crippen LogP) is 1.31. The van der Waals surface area contributed by atoms with Gasteiger partial charge in [0.1, 0.15) is 6.79 Å². The fourth-order valence-electron chi connectivity index (χ4n) is 1.03. The lowest BCUT2D eigenvalue weighted by atomic mass is 10.2. The van der Waals surface area contributed by atoms with Crippen molar-refractivity contribution in [3.63, 3.8) is 0 Å². The van der Waals surface area contributed by atoms with Gasteiger partial charge in [0.2, 0.25) is 0 Å². The van der Waals surface area contributed by atoms with Crippen molar-refractivity contribution in [2.45, 2.75) is 6.29 Å². The van der Waals surface area contributed by atoms with Crippen molar-refractivity contribution < 1.29 is 19.3 Å². The Morgan fingerprint density at radius 1 is 1.20 bits per heavy atom. The molecule has 0 saturated carbocycles. The van der Waals surface area contributed by atoms with Crippen LogP contribution in [0.15, 0.2) is 30.3 Å². The molecule has 1 atom stereocenters. The first-order valence-corrected chi connectivity index (χ1v) is 4.76. The number of methoxy groups -OCH3 is 1. The summed E-state index contributed by atoms with van der Waals surface area (Å²) in [5.74, 6) is 0. The maximum atomic E-state index is 9.54. The zero-order valence-corrected chi connectivity index (χ0v) is 8.76. The highest BCUT2D eigenvalue weighted by molar-refractivity contribution is 5.15. The average molecular weight is 212 g/mol. The Morgan fingerprint density at radius 2 is 1.93 bits per heavy atom. The van der Waals surface area contributed by atoms with Gasteiger partial charge in [0.05, 0.1) is 13.2 Å². The van der Waals surface area contributed by atoms with Crippen LogP contribution in [-0.4, -0.2) is 32.2 Å². The Hall–Kier alpha value is -0.940. The number of ether oxygens (including phenoxy) is 3. The van der Waals surface area contributed by atoms with Crippen molar-refractivity contribution in [2.75, 3.05) is 27.1 Å². The van der Waals surface area contributed by atoms with E-state index in [4.69, 9.17) is 14.2 Å². The first-order chi connectivity index (χ1) is 7.34. The van der Waals surface area contributed by atoms with Crippen LogP contribution in [-0.2, 0) is 14.2 Å². The third-order valence-electron chi connectivity index (χ3n) is 1.83. The number of hydrogen-bond donors (Lipinski definition) is 1. The first kappa shape index (κ1) is 12.1. The van der Waals surface area contributed by atoms with Crippen molar-refractivity contribution in [1.29, 1.82) is 0 Å². The van der Waals surface area contributed by atoms with Crippen LogP contribution in [0.2, 0.25) is 0 Å². The molecule has 84 valence electrons. The third kappa shape index (κ3) is 4.90. The lowest BCUT2D eigenvalue weighted by Crippen LogP contribution is -2.09. The van der Waals surface area contributed by atoms with E-state index < -0.39 is 6.29 Å². The number of aliphatic hydroxyl groups excluding tert-OH is 1. The van der Waals surface area contributed by atoms with Crippen molar-refractivity contribution in [1.82, 2.24) is 0 Å². The molecule has 1 N–H and O–H groups in total. The van der Waals surface area contributed by atoms with Crippen LogP contribution in [0.5, 0.6) is 0 Å². The van der Waals surface area contributed by atoms with Gasteiger partial charge < -0.3 is 19.3 Å². The quantitative estimate of drug-likeness (QED) is 0.547. The minimum Gasteiger partial charge on any atom is -0.382 e. The van der Waals surface area contributed by atoms with Gasteiger partial charge in [-0.1, -0.05) is 30.3 Å². The molecule has 0 aliphatic rings. The van der Waals surface area contributed by atoms with Crippen LogP contribution < -0.4 is 0 Å². The Bertz CT molecular complexity index is 250. The van der Waals surface area contributed by atoms with Crippen LogP contribution in [0, 0.1) is 0 Å². The summed E-state index contributed by atoms with van der Waals surface area (Å²) in [5, 5.41) is 9.54. The maximum Gasteiger partial charge on any atom is 0.183 e. The Morgan fingerprint density at radius 3 is 2.60 bits per heavy atom. The molecule has 1 aromatic rings. The van der Waals surface area contributed by atoms with Gasteiger partial charge in [-0.25, -0.2) is 0 Å². The summed E-state index contributed by atoms with van der Waals surface area (Å²) in [6.07, 6.45) is -0.936. The normalized spacial score (nSPS) is 12.7. The topological polar surface area (TPSA) is 47.9 Å². The molecule has 1 unspecified atom stereocenters. The largest absolute Gasteiger partial charge is 0.382 e. The van der Waals surface area contributed by atoms with Gasteiger partial charge >= 0.3 is 0 Å². The number of hydrogen-bond acceptors (Lipinski definition) is 4. The molecule has 15 heavy (non-hydrogen) atoms. The number of aliphatic hydroxyl groups is 1. The Labute approximate surface area is 89.4 Å². The molecule has 0 amide bonds. The molecule has 1 aromatic carbocycles. The van der Waals surface area contributed by atoms with E-state index in [1.165, 1.54) is 0 Å². The van der Waals surface area contributed by atoms with E-state index in [9.17, 15) is 5.11 Å². The van der Waals surface area contributed by atoms with E-state index in [-0.39, 0.29) is 6.79 Å². The summed E-state index contributed by atoms with van der Waals surface area (Å²) in [5.41, 5.74) is 0.716. The van der Waals surface area contributed by atoms with E-state index in [1.54, 1.807) is 19.2 Å². The molecular formula is C11H16O4. The Kier molecular flexibility index (Phi) is 5.96. The molecule has 0 fully saturated rings. The zero-order chi connectivity index (χ0) is 10.9. The molecule has 0 heterocycles. The van der Waals surface area contributed by atoms with Gasteiger partial charge in [-0.05, 0) is 0 Å². The zero-order valence-electron chi connectivity index (χ0n) is 8.76. The van der Waals surface area contributed by atoms with Crippen LogP contribution in [0.1, 0.15) is 11.9 Å². The van der Waals surface area contributed by atoms with Gasteiger partial charge in [-0.3, -0.25) is 0 Å². The maximum absolute atomic E-state index is 9.54. The monoisotopic (exact) mass is 212 g/mol. The van der Waals surface area contributed by atoms with E-state index >= 15 is 0 Å². The predicted molar refractivity (Wildman–Crippen MR) is 55.2 cm³/mol. The van der Waals surface area contributed by atoms with Crippen molar-refractivity contribution in [2.24, 2.45) is 0 Å². The lowest BCUT2D eigenvalue weighted by Gasteiger charge is -2.12. The highest BCUT2D eigenvalue weighted by Crippen LogP contribution is 2.12. The molecule has 0 bridgehead atoms. The van der Waals surface area contributed by atoms with E-state index in [0.717, 1.165) is 0 Å². The smallest absolute Gasteiger partial charge is 0.183 e. The van der Waals surface area contributed by atoms with Crippen molar-refractivity contribution >= 4 is 0 Å². The SMILES string of the molecule is COCCOCOC(O)c1ccccc1. The number of benzene rings is 1. The summed E-state index contributed by atoms with van der Waals surface area (Å²) in [6, 6.07) is 9.15. The van der Waals surface area contributed by atoms with E-state index in [0.29, 0.717) is 18.8 Å². The molecule has 0 saturated heterocycles. The second kappa shape index (κ2) is 7.36. The standard InChI is InChI=1S/C11H16O4/c1-13-7-8-14-9-15-11(12)10-5-3-2-4-6-10/h2-6,11-12H,7-9H2,1H3. The molecule has 0 aliphatic heterocycles. The third-order valence-corrected chi connectivity index (χ3v) is 1.83. The highest BCUT2D eigenvalue weighted by Gasteiger charge is 2.05. The number of rotatable bonds is 7. The van der Waals surface area contributed by atoms with Crippen molar-refractivity contribution in [3.05, 3.63) is 35.9 Å². The fraction of sp³-hybridized carbons (Fsp3) is 0.455. The van der Waals surface area contributed by atoms with E-state index in [1.807, 2.05) is 18.2 Å². The summed E-state index contributed by atoms with van der Waals surface area (Å²) in [7, 11) is 1.60. The fourth-order valence-corrected chi connectivity index (χ4v) is 1.03. The minimum atomic E-state index is -0.936. The molecule has 0 spiro atoms. The van der Waals surface area contributed by atoms with Crippen LogP contribution in [0.25, 0.3) is 0 Å². The van der Waals surface area contributed by atoms with Crippen molar-refractivity contribution in [3.8, 4) is 0 Å². The van der Waals surface area contributed by atoms with Crippen LogP contribution >= 0.6 is 0 Å². The van der Waals surface area contributed by atoms with E-state index in [2.05, 4.69) is 0 Å². The molecular weight excluding hydrogens is 196 g/mol. The lowest BCUT2D eigenvalue weighted by molar-refractivity contribution is -0.175.